The van der Waals surface area contributed by atoms with E-state index in [2.05, 4.69) is 22.1 Å². The van der Waals surface area contributed by atoms with Crippen molar-refractivity contribution in [2.75, 3.05) is 0 Å². The lowest BCUT2D eigenvalue weighted by Gasteiger charge is -2.10. The first-order valence-corrected chi connectivity index (χ1v) is 8.25. The third-order valence-corrected chi connectivity index (χ3v) is 4.02. The van der Waals surface area contributed by atoms with Crippen LogP contribution in [0.25, 0.3) is 11.4 Å². The van der Waals surface area contributed by atoms with Gasteiger partial charge in [-0.3, -0.25) is 0 Å². The molecule has 136 valence electrons. The van der Waals surface area contributed by atoms with Crippen molar-refractivity contribution in [2.45, 2.75) is 13.5 Å². The zero-order valence-electron chi connectivity index (χ0n) is 14.9. The Morgan fingerprint density at radius 1 is 1.18 bits per heavy atom. The quantitative estimate of drug-likeness (QED) is 0.730. The Morgan fingerprint density at radius 2 is 2.00 bits per heavy atom. The van der Waals surface area contributed by atoms with Gasteiger partial charge in [0.1, 0.15) is 18.4 Å². The molecule has 0 radical (unpaired) electrons. The maximum absolute atomic E-state index is 11.1. The Kier molecular flexibility index (Phi) is 5.29. The fourth-order valence-corrected chi connectivity index (χ4v) is 2.59. The molecule has 0 unspecified atom stereocenters. The Labute approximate surface area is 161 Å². The third-order valence-electron chi connectivity index (χ3n) is 4.02. The Balaban J connectivity index is 1.84. The normalized spacial score (nSPS) is 9.96. The summed E-state index contributed by atoms with van der Waals surface area (Å²) in [6, 6.07) is 16.1. The monoisotopic (exact) mass is 370 g/mol. The van der Waals surface area contributed by atoms with Crippen molar-refractivity contribution in [3.8, 4) is 29.3 Å². The van der Waals surface area contributed by atoms with Crippen molar-refractivity contribution in [2.24, 2.45) is 0 Å². The molecular weight excluding hydrogens is 356 g/mol. The molecule has 0 saturated carbocycles. The number of nitrogens with zero attached hydrogens (tertiary/aromatic N) is 4. The van der Waals surface area contributed by atoms with E-state index in [1.54, 1.807) is 43.3 Å². The average Bonchev–Trinajstić information content (AvgIpc) is 2.71. The molecule has 0 fully saturated rings. The number of aryl methyl sites for hydroxylation is 1. The van der Waals surface area contributed by atoms with Gasteiger partial charge < -0.3 is 9.84 Å². The number of benzene rings is 2. The van der Waals surface area contributed by atoms with E-state index in [-0.39, 0.29) is 12.2 Å². The zero-order chi connectivity index (χ0) is 20.1. The Hall–Kier alpha value is -4.23. The molecule has 3 rings (SSSR count). The largest absolute Gasteiger partial charge is 0.488 e. The zero-order valence-corrected chi connectivity index (χ0v) is 14.9. The third kappa shape index (κ3) is 3.95. The first-order chi connectivity index (χ1) is 13.5. The number of aromatic nitrogens is 2. The number of carboxylic acid groups (broad SMARTS) is 1. The van der Waals surface area contributed by atoms with E-state index in [4.69, 9.17) is 15.1 Å². The maximum Gasteiger partial charge on any atom is 0.339 e. The van der Waals surface area contributed by atoms with Crippen LogP contribution >= 0.6 is 0 Å². The number of rotatable bonds is 5. The number of hydrogen-bond acceptors (Lipinski definition) is 6. The van der Waals surface area contributed by atoms with Gasteiger partial charge in [-0.05, 0) is 42.8 Å². The van der Waals surface area contributed by atoms with E-state index in [1.165, 1.54) is 6.20 Å². The molecule has 3 aromatic rings. The second-order valence-corrected chi connectivity index (χ2v) is 5.92. The highest BCUT2D eigenvalue weighted by Crippen LogP contribution is 2.25. The van der Waals surface area contributed by atoms with Crippen LogP contribution in [0.15, 0.2) is 48.7 Å². The summed E-state index contributed by atoms with van der Waals surface area (Å²) in [6.45, 7) is 1.80. The van der Waals surface area contributed by atoms with Crippen molar-refractivity contribution >= 4 is 5.97 Å². The van der Waals surface area contributed by atoms with E-state index >= 15 is 0 Å². The van der Waals surface area contributed by atoms with Crippen LogP contribution in [0.4, 0.5) is 0 Å². The fraction of sp³-hybridized carbons (Fsp3) is 0.0952. The standard InChI is InChI=1S/C21H14N4O3/c1-13-18(21(26)27)11-24-20(25-13)16-5-6-19(17(8-16)10-23)28-12-15-4-2-3-14(7-15)9-22/h2-8,11H,12H2,1H3,(H,26,27). The molecule has 0 amide bonds. The van der Waals surface area contributed by atoms with E-state index in [0.717, 1.165) is 5.56 Å². The van der Waals surface area contributed by atoms with Crippen LogP contribution in [0.3, 0.4) is 0 Å². The van der Waals surface area contributed by atoms with Gasteiger partial charge in [-0.25, -0.2) is 14.8 Å². The van der Waals surface area contributed by atoms with E-state index in [9.17, 15) is 10.1 Å². The molecule has 0 aliphatic heterocycles. The Bertz CT molecular complexity index is 1140. The summed E-state index contributed by atoms with van der Waals surface area (Å²) in [4.78, 5) is 19.4. The molecule has 2 aromatic carbocycles. The summed E-state index contributed by atoms with van der Waals surface area (Å²) in [5.41, 5.74) is 2.61. The highest BCUT2D eigenvalue weighted by atomic mass is 16.5. The fourth-order valence-electron chi connectivity index (χ4n) is 2.59. The van der Waals surface area contributed by atoms with Gasteiger partial charge in [0.2, 0.25) is 0 Å². The van der Waals surface area contributed by atoms with Crippen LogP contribution in [0.5, 0.6) is 5.75 Å². The summed E-state index contributed by atoms with van der Waals surface area (Å²) < 4.78 is 5.73. The van der Waals surface area contributed by atoms with Gasteiger partial charge >= 0.3 is 5.97 Å². The maximum atomic E-state index is 11.1. The molecule has 0 atom stereocenters. The summed E-state index contributed by atoms with van der Waals surface area (Å²) in [5.74, 6) is -0.370. The second-order valence-electron chi connectivity index (χ2n) is 5.92. The molecule has 7 nitrogen and oxygen atoms in total. The molecule has 0 spiro atoms. The molecule has 0 aliphatic rings. The minimum absolute atomic E-state index is 0.0313. The van der Waals surface area contributed by atoms with Gasteiger partial charge in [0.05, 0.1) is 28.5 Å². The van der Waals surface area contributed by atoms with Crippen molar-refractivity contribution in [1.82, 2.24) is 9.97 Å². The molecule has 0 saturated heterocycles. The highest BCUT2D eigenvalue weighted by Gasteiger charge is 2.13. The number of hydrogen-bond donors (Lipinski definition) is 1. The van der Waals surface area contributed by atoms with Crippen LogP contribution in [0.2, 0.25) is 0 Å². The molecule has 1 N–H and O–H groups in total. The Morgan fingerprint density at radius 3 is 2.68 bits per heavy atom. The topological polar surface area (TPSA) is 120 Å². The second kappa shape index (κ2) is 7.98. The molecule has 0 bridgehead atoms. The highest BCUT2D eigenvalue weighted by molar-refractivity contribution is 5.88. The average molecular weight is 370 g/mol. The van der Waals surface area contributed by atoms with Gasteiger partial charge in [-0.2, -0.15) is 10.5 Å². The molecule has 0 aliphatic carbocycles. The first-order valence-electron chi connectivity index (χ1n) is 8.25. The number of carboxylic acids is 1. The predicted octanol–water partition coefficient (Wildman–Crippen LogP) is 3.47. The molecule has 1 aromatic heterocycles. The number of carbonyl (C=O) groups is 1. The van der Waals surface area contributed by atoms with Crippen LogP contribution in [-0.2, 0) is 6.61 Å². The van der Waals surface area contributed by atoms with Gasteiger partial charge in [0.15, 0.2) is 5.82 Å². The summed E-state index contributed by atoms with van der Waals surface area (Å²) in [6.07, 6.45) is 1.25. The van der Waals surface area contributed by atoms with Crippen LogP contribution in [0, 0.1) is 29.6 Å². The lowest BCUT2D eigenvalue weighted by Crippen LogP contribution is -2.04. The van der Waals surface area contributed by atoms with E-state index in [0.29, 0.717) is 34.0 Å². The van der Waals surface area contributed by atoms with E-state index in [1.807, 2.05) is 6.07 Å². The van der Waals surface area contributed by atoms with Gasteiger partial charge in [-0.15, -0.1) is 0 Å². The number of nitriles is 2. The van der Waals surface area contributed by atoms with Crippen molar-refractivity contribution < 1.29 is 14.6 Å². The first kappa shape index (κ1) is 18.6. The smallest absolute Gasteiger partial charge is 0.339 e. The van der Waals surface area contributed by atoms with Crippen LogP contribution < -0.4 is 4.74 Å². The van der Waals surface area contributed by atoms with E-state index < -0.39 is 5.97 Å². The molecular formula is C21H14N4O3. The van der Waals surface area contributed by atoms with Crippen molar-refractivity contribution in [3.05, 3.63) is 76.6 Å². The molecule has 7 heteroatoms. The lowest BCUT2D eigenvalue weighted by atomic mass is 10.1. The van der Waals surface area contributed by atoms with Crippen LogP contribution in [0.1, 0.15) is 32.7 Å². The number of ether oxygens (including phenoxy) is 1. The van der Waals surface area contributed by atoms with Gasteiger partial charge in [0.25, 0.3) is 0 Å². The minimum atomic E-state index is -1.09. The molecule has 1 heterocycles. The predicted molar refractivity (Wildman–Crippen MR) is 99.4 cm³/mol. The molecule has 28 heavy (non-hydrogen) atoms. The minimum Gasteiger partial charge on any atom is -0.488 e. The van der Waals surface area contributed by atoms with Gasteiger partial charge in [-0.1, -0.05) is 12.1 Å². The summed E-state index contributed by atoms with van der Waals surface area (Å²) in [5, 5.41) is 27.5. The summed E-state index contributed by atoms with van der Waals surface area (Å²) >= 11 is 0. The summed E-state index contributed by atoms with van der Waals surface area (Å²) in [7, 11) is 0. The van der Waals surface area contributed by atoms with Gasteiger partial charge in [0, 0.05) is 11.8 Å². The lowest BCUT2D eigenvalue weighted by molar-refractivity contribution is 0.0695. The van der Waals surface area contributed by atoms with Crippen LogP contribution in [-0.4, -0.2) is 21.0 Å². The van der Waals surface area contributed by atoms with Crippen molar-refractivity contribution in [3.63, 3.8) is 0 Å². The SMILES string of the molecule is Cc1nc(-c2ccc(OCc3cccc(C#N)c3)c(C#N)c2)ncc1C(=O)O. The van der Waals surface area contributed by atoms with Crippen molar-refractivity contribution in [1.29, 1.82) is 10.5 Å². The number of aromatic carboxylic acids is 1.